The number of carbonyl (C=O) groups excluding carboxylic acids is 1. The highest BCUT2D eigenvalue weighted by Gasteiger charge is 2.12. The second-order valence-electron chi connectivity index (χ2n) is 4.88. The molecular weight excluding hydrogens is 302 g/mol. The average Bonchev–Trinajstić information content (AvgIpc) is 3.08. The van der Waals surface area contributed by atoms with Gasteiger partial charge in [-0.3, -0.25) is 13.9 Å². The number of carbonyl (C=O) groups is 1. The summed E-state index contributed by atoms with van der Waals surface area (Å²) in [5, 5.41) is 3.52. The summed E-state index contributed by atoms with van der Waals surface area (Å²) < 4.78 is 8.21. The number of thiophene rings is 1. The van der Waals surface area contributed by atoms with Crippen LogP contribution in [0.5, 0.6) is 5.06 Å². The van der Waals surface area contributed by atoms with Crippen LogP contribution < -0.4 is 15.7 Å². The number of anilines is 1. The van der Waals surface area contributed by atoms with Crippen molar-refractivity contribution >= 4 is 34.0 Å². The summed E-state index contributed by atoms with van der Waals surface area (Å²) in [6, 6.07) is 8.87. The summed E-state index contributed by atoms with van der Waals surface area (Å²) >= 11 is 1.28. The summed E-state index contributed by atoms with van der Waals surface area (Å²) in [4.78, 5) is 24.7. The summed E-state index contributed by atoms with van der Waals surface area (Å²) in [6.45, 7) is 0. The number of ether oxygens (including phenoxy) is 1. The van der Waals surface area contributed by atoms with E-state index in [1.54, 1.807) is 54.6 Å². The maximum absolute atomic E-state index is 12.2. The highest BCUT2D eigenvalue weighted by atomic mass is 32.1. The molecule has 0 fully saturated rings. The van der Waals surface area contributed by atoms with Gasteiger partial charge in [-0.15, -0.1) is 0 Å². The monoisotopic (exact) mass is 317 g/mol. The third-order valence-electron chi connectivity index (χ3n) is 3.54. The Kier molecular flexibility index (Phi) is 3.50. The van der Waals surface area contributed by atoms with E-state index in [4.69, 9.17) is 4.74 Å². The Hall–Kier alpha value is -2.54. The van der Waals surface area contributed by atoms with E-state index < -0.39 is 0 Å². The first kappa shape index (κ1) is 14.4. The number of methoxy groups -OCH3 is 1. The van der Waals surface area contributed by atoms with Crippen LogP contribution in [-0.4, -0.2) is 22.2 Å². The topological polar surface area (TPSA) is 65.3 Å². The number of fused-ring (bicyclic) bond motifs is 1. The van der Waals surface area contributed by atoms with Crippen LogP contribution in [0.15, 0.2) is 35.1 Å². The molecule has 7 heteroatoms. The van der Waals surface area contributed by atoms with Gasteiger partial charge in [0, 0.05) is 19.8 Å². The molecule has 0 aliphatic rings. The first-order chi connectivity index (χ1) is 10.5. The molecule has 0 saturated carbocycles. The van der Waals surface area contributed by atoms with Gasteiger partial charge in [0.2, 0.25) is 0 Å². The number of benzene rings is 1. The molecule has 2 aromatic heterocycles. The number of nitrogens with one attached hydrogen (secondary N) is 1. The number of hydrogen-bond donors (Lipinski definition) is 1. The Morgan fingerprint density at radius 1 is 1.14 bits per heavy atom. The largest absolute Gasteiger partial charge is 0.487 e. The molecule has 0 spiro atoms. The van der Waals surface area contributed by atoms with Crippen molar-refractivity contribution < 1.29 is 9.53 Å². The minimum atomic E-state index is -0.200. The van der Waals surface area contributed by atoms with Gasteiger partial charge in [0.15, 0.2) is 5.06 Å². The van der Waals surface area contributed by atoms with E-state index in [2.05, 4.69) is 5.32 Å². The molecule has 0 aliphatic heterocycles. The molecule has 3 rings (SSSR count). The van der Waals surface area contributed by atoms with E-state index in [1.807, 2.05) is 6.07 Å². The van der Waals surface area contributed by atoms with Crippen molar-refractivity contribution in [3.05, 3.63) is 45.7 Å². The van der Waals surface area contributed by atoms with Crippen LogP contribution in [0, 0.1) is 0 Å². The molecular formula is C15H15N3O3S. The van der Waals surface area contributed by atoms with E-state index in [0.29, 0.717) is 15.6 Å². The summed E-state index contributed by atoms with van der Waals surface area (Å²) in [5.74, 6) is -0.200. The van der Waals surface area contributed by atoms with Gasteiger partial charge in [0.05, 0.1) is 23.0 Å². The lowest BCUT2D eigenvalue weighted by molar-refractivity contribution is 0.103. The molecule has 2 heterocycles. The Bertz CT molecular complexity index is 920. The third-order valence-corrected chi connectivity index (χ3v) is 4.58. The van der Waals surface area contributed by atoms with Crippen molar-refractivity contribution in [2.24, 2.45) is 14.1 Å². The number of imidazole rings is 1. The molecule has 114 valence electrons. The van der Waals surface area contributed by atoms with E-state index in [1.165, 1.54) is 11.3 Å². The van der Waals surface area contributed by atoms with Gasteiger partial charge < -0.3 is 10.1 Å². The Morgan fingerprint density at radius 2 is 1.86 bits per heavy atom. The summed E-state index contributed by atoms with van der Waals surface area (Å²) in [5.41, 5.74) is 2.14. The van der Waals surface area contributed by atoms with Gasteiger partial charge >= 0.3 is 5.69 Å². The maximum atomic E-state index is 12.2. The number of aromatic nitrogens is 2. The lowest BCUT2D eigenvalue weighted by Gasteiger charge is -2.04. The van der Waals surface area contributed by atoms with Crippen LogP contribution in [0.1, 0.15) is 9.67 Å². The fraction of sp³-hybridized carbons (Fsp3) is 0.200. The number of aryl methyl sites for hydroxylation is 2. The molecule has 0 unspecified atom stereocenters. The zero-order valence-corrected chi connectivity index (χ0v) is 13.2. The van der Waals surface area contributed by atoms with E-state index in [-0.39, 0.29) is 11.6 Å². The first-order valence-electron chi connectivity index (χ1n) is 6.62. The lowest BCUT2D eigenvalue weighted by Crippen LogP contribution is -2.19. The summed E-state index contributed by atoms with van der Waals surface area (Å²) in [7, 11) is 5.00. The second-order valence-corrected chi connectivity index (χ2v) is 5.93. The predicted octanol–water partition coefficient (Wildman–Crippen LogP) is 2.20. The minimum absolute atomic E-state index is 0.0959. The van der Waals surface area contributed by atoms with Crippen LogP contribution in [-0.2, 0) is 14.1 Å². The molecule has 0 atom stereocenters. The molecule has 0 radical (unpaired) electrons. The van der Waals surface area contributed by atoms with Crippen LogP contribution in [0.25, 0.3) is 11.0 Å². The van der Waals surface area contributed by atoms with Crippen LogP contribution in [0.3, 0.4) is 0 Å². The molecule has 1 amide bonds. The van der Waals surface area contributed by atoms with Gasteiger partial charge in [0.25, 0.3) is 5.91 Å². The van der Waals surface area contributed by atoms with E-state index in [9.17, 15) is 9.59 Å². The Labute approximate surface area is 130 Å². The van der Waals surface area contributed by atoms with Crippen LogP contribution >= 0.6 is 11.3 Å². The highest BCUT2D eigenvalue weighted by Crippen LogP contribution is 2.25. The number of nitrogens with zero attached hydrogens (tertiary/aromatic N) is 2. The van der Waals surface area contributed by atoms with Crippen molar-refractivity contribution in [2.45, 2.75) is 0 Å². The number of amides is 1. The van der Waals surface area contributed by atoms with Gasteiger partial charge in [-0.1, -0.05) is 11.3 Å². The quantitative estimate of drug-likeness (QED) is 0.805. The number of hydrogen-bond acceptors (Lipinski definition) is 4. The standard InChI is InChI=1S/C15H15N3O3S/c1-17-10-5-4-9(8-11(10)18(2)15(17)20)16-14(19)12-6-7-13(21-3)22-12/h4-8H,1-3H3,(H,16,19). The van der Waals surface area contributed by atoms with Gasteiger partial charge in [0.1, 0.15) is 0 Å². The third kappa shape index (κ3) is 2.29. The lowest BCUT2D eigenvalue weighted by atomic mass is 10.2. The van der Waals surface area contributed by atoms with Crippen LogP contribution in [0.2, 0.25) is 0 Å². The minimum Gasteiger partial charge on any atom is -0.487 e. The Balaban J connectivity index is 1.92. The maximum Gasteiger partial charge on any atom is 0.328 e. The summed E-state index contributed by atoms with van der Waals surface area (Å²) in [6.07, 6.45) is 0. The fourth-order valence-corrected chi connectivity index (χ4v) is 3.05. The average molecular weight is 317 g/mol. The predicted molar refractivity (Wildman–Crippen MR) is 87.0 cm³/mol. The normalized spacial score (nSPS) is 10.9. The molecule has 1 N–H and O–H groups in total. The van der Waals surface area contributed by atoms with E-state index in [0.717, 1.165) is 11.0 Å². The van der Waals surface area contributed by atoms with Gasteiger partial charge in [-0.2, -0.15) is 0 Å². The van der Waals surface area contributed by atoms with Crippen molar-refractivity contribution in [1.82, 2.24) is 9.13 Å². The van der Waals surface area contributed by atoms with E-state index >= 15 is 0 Å². The second kappa shape index (κ2) is 5.34. The molecule has 0 aliphatic carbocycles. The molecule has 1 aromatic carbocycles. The Morgan fingerprint density at radius 3 is 2.55 bits per heavy atom. The molecule has 22 heavy (non-hydrogen) atoms. The highest BCUT2D eigenvalue weighted by molar-refractivity contribution is 7.15. The number of rotatable bonds is 3. The molecule has 0 bridgehead atoms. The van der Waals surface area contributed by atoms with Crippen molar-refractivity contribution in [2.75, 3.05) is 12.4 Å². The van der Waals surface area contributed by atoms with Gasteiger partial charge in [-0.25, -0.2) is 4.79 Å². The zero-order chi connectivity index (χ0) is 15.9. The van der Waals surface area contributed by atoms with Crippen molar-refractivity contribution in [3.8, 4) is 5.06 Å². The zero-order valence-electron chi connectivity index (χ0n) is 12.4. The molecule has 3 aromatic rings. The van der Waals surface area contributed by atoms with Crippen molar-refractivity contribution in [1.29, 1.82) is 0 Å². The SMILES string of the molecule is COc1ccc(C(=O)Nc2ccc3c(c2)n(C)c(=O)n3C)s1. The fourth-order valence-electron chi connectivity index (χ4n) is 2.33. The molecule has 0 saturated heterocycles. The smallest absolute Gasteiger partial charge is 0.328 e. The first-order valence-corrected chi connectivity index (χ1v) is 7.43. The molecule has 6 nitrogen and oxygen atoms in total. The van der Waals surface area contributed by atoms with Crippen molar-refractivity contribution in [3.63, 3.8) is 0 Å². The van der Waals surface area contributed by atoms with Gasteiger partial charge in [-0.05, 0) is 30.3 Å². The van der Waals surface area contributed by atoms with Crippen LogP contribution in [0.4, 0.5) is 5.69 Å².